The molecule has 0 radical (unpaired) electrons. The lowest BCUT2D eigenvalue weighted by molar-refractivity contribution is 1.45. The van der Waals surface area contributed by atoms with Crippen LogP contribution in [0.1, 0.15) is 24.0 Å². The van der Waals surface area contributed by atoms with Gasteiger partial charge in [-0.15, -0.1) is 0 Å². The molecule has 0 bridgehead atoms. The van der Waals surface area contributed by atoms with Crippen molar-refractivity contribution in [3.05, 3.63) is 96.1 Å². The SMILES string of the molecule is C1=CCC=C1.C1=CCC=C1.C1=Cc2cccc3cccc1c23. The van der Waals surface area contributed by atoms with Crippen LogP contribution < -0.4 is 0 Å². The summed E-state index contributed by atoms with van der Waals surface area (Å²) in [5, 5.41) is 2.75. The van der Waals surface area contributed by atoms with Crippen molar-refractivity contribution in [2.24, 2.45) is 0 Å². The Morgan fingerprint density at radius 3 is 1.36 bits per heavy atom. The third-order valence-corrected chi connectivity index (χ3v) is 3.72. The summed E-state index contributed by atoms with van der Waals surface area (Å²) in [7, 11) is 0. The summed E-state index contributed by atoms with van der Waals surface area (Å²) < 4.78 is 0. The second-order valence-electron chi connectivity index (χ2n) is 5.31. The number of benzene rings is 2. The number of hydrogen-bond donors (Lipinski definition) is 0. The average Bonchev–Trinajstić information content (AvgIpc) is 3.34. The van der Waals surface area contributed by atoms with Crippen LogP contribution >= 0.6 is 0 Å². The van der Waals surface area contributed by atoms with Gasteiger partial charge in [-0.05, 0) is 34.7 Å². The molecule has 108 valence electrons. The van der Waals surface area contributed by atoms with Gasteiger partial charge in [-0.3, -0.25) is 0 Å². The first-order valence-corrected chi connectivity index (χ1v) is 7.78. The molecule has 0 heterocycles. The van der Waals surface area contributed by atoms with Gasteiger partial charge in [0.05, 0.1) is 0 Å². The van der Waals surface area contributed by atoms with Gasteiger partial charge in [0.1, 0.15) is 0 Å². The van der Waals surface area contributed by atoms with Crippen molar-refractivity contribution in [1.82, 2.24) is 0 Å². The molecule has 0 fully saturated rings. The second kappa shape index (κ2) is 7.42. The standard InChI is InChI=1S/C12H8.2C5H6/c1-3-9-4-2-6-11-8-7-10(5-1)12(9)11;2*1-2-4-5-3-1/h1-8H;2*1-4H,5H2. The third kappa shape index (κ3) is 3.53. The van der Waals surface area contributed by atoms with Gasteiger partial charge in [-0.2, -0.15) is 0 Å². The van der Waals surface area contributed by atoms with E-state index in [2.05, 4.69) is 97.2 Å². The summed E-state index contributed by atoms with van der Waals surface area (Å²) >= 11 is 0. The summed E-state index contributed by atoms with van der Waals surface area (Å²) in [4.78, 5) is 0. The van der Waals surface area contributed by atoms with E-state index in [-0.39, 0.29) is 0 Å². The molecular weight excluding hydrogens is 264 g/mol. The first kappa shape index (κ1) is 14.3. The molecule has 0 heteroatoms. The first-order chi connectivity index (χ1) is 10.9. The fraction of sp³-hybridized carbons (Fsp3) is 0.0909. The number of hydrogen-bond acceptors (Lipinski definition) is 0. The maximum Gasteiger partial charge on any atom is -0.00389 e. The quantitative estimate of drug-likeness (QED) is 0.452. The van der Waals surface area contributed by atoms with Gasteiger partial charge < -0.3 is 0 Å². The lowest BCUT2D eigenvalue weighted by Crippen LogP contribution is -1.76. The van der Waals surface area contributed by atoms with Crippen LogP contribution in [-0.2, 0) is 0 Å². The Morgan fingerprint density at radius 2 is 1.00 bits per heavy atom. The minimum atomic E-state index is 1.14. The summed E-state index contributed by atoms with van der Waals surface area (Å²) in [5.74, 6) is 0. The maximum atomic E-state index is 2.18. The van der Waals surface area contributed by atoms with Gasteiger partial charge in [0.25, 0.3) is 0 Å². The number of allylic oxidation sites excluding steroid dienone is 8. The van der Waals surface area contributed by atoms with E-state index in [1.807, 2.05) is 0 Å². The molecule has 0 saturated heterocycles. The molecule has 3 aliphatic carbocycles. The first-order valence-electron chi connectivity index (χ1n) is 7.78. The smallest absolute Gasteiger partial charge is 0.00389 e. The topological polar surface area (TPSA) is 0 Å². The molecule has 0 atom stereocenters. The highest BCUT2D eigenvalue weighted by atomic mass is 14.1. The highest BCUT2D eigenvalue weighted by Crippen LogP contribution is 2.30. The molecule has 2 aromatic carbocycles. The van der Waals surface area contributed by atoms with E-state index in [4.69, 9.17) is 0 Å². The van der Waals surface area contributed by atoms with Gasteiger partial charge in [0.15, 0.2) is 0 Å². The Morgan fingerprint density at radius 1 is 0.545 bits per heavy atom. The lowest BCUT2D eigenvalue weighted by atomic mass is 10.0. The molecule has 0 unspecified atom stereocenters. The van der Waals surface area contributed by atoms with Crippen LogP contribution in [0.5, 0.6) is 0 Å². The van der Waals surface area contributed by atoms with Crippen molar-refractivity contribution in [2.45, 2.75) is 12.8 Å². The molecule has 2 aromatic rings. The van der Waals surface area contributed by atoms with Gasteiger partial charge in [0, 0.05) is 0 Å². The van der Waals surface area contributed by atoms with Crippen molar-refractivity contribution in [3.63, 3.8) is 0 Å². The molecule has 22 heavy (non-hydrogen) atoms. The molecule has 0 aromatic heterocycles. The van der Waals surface area contributed by atoms with Crippen LogP contribution in [0.2, 0.25) is 0 Å². The molecule has 0 N–H and O–H groups in total. The Kier molecular flexibility index (Phi) is 4.84. The zero-order valence-corrected chi connectivity index (χ0v) is 12.7. The highest BCUT2D eigenvalue weighted by molar-refractivity contribution is 6.04. The van der Waals surface area contributed by atoms with Gasteiger partial charge in [0.2, 0.25) is 0 Å². The van der Waals surface area contributed by atoms with Gasteiger partial charge in [-0.25, -0.2) is 0 Å². The molecule has 0 aliphatic heterocycles. The zero-order valence-electron chi connectivity index (χ0n) is 12.7. The van der Waals surface area contributed by atoms with Crippen LogP contribution in [0.15, 0.2) is 85.0 Å². The minimum Gasteiger partial charge on any atom is -0.0808 e. The summed E-state index contributed by atoms with van der Waals surface area (Å²) in [6.45, 7) is 0. The molecule has 0 nitrogen and oxygen atoms in total. The number of rotatable bonds is 0. The summed E-state index contributed by atoms with van der Waals surface area (Å²) in [5.41, 5.74) is 2.70. The van der Waals surface area contributed by atoms with E-state index in [1.54, 1.807) is 0 Å². The Balaban J connectivity index is 0.000000119. The van der Waals surface area contributed by atoms with Gasteiger partial charge in [-0.1, -0.05) is 97.2 Å². The Hall–Kier alpha value is -2.60. The van der Waals surface area contributed by atoms with Crippen molar-refractivity contribution in [3.8, 4) is 0 Å². The van der Waals surface area contributed by atoms with Crippen LogP contribution in [0.25, 0.3) is 22.9 Å². The zero-order chi connectivity index (χ0) is 15.0. The monoisotopic (exact) mass is 284 g/mol. The van der Waals surface area contributed by atoms with E-state index >= 15 is 0 Å². The highest BCUT2D eigenvalue weighted by Gasteiger charge is 2.06. The van der Waals surface area contributed by atoms with Crippen LogP contribution in [0.4, 0.5) is 0 Å². The van der Waals surface area contributed by atoms with Crippen LogP contribution in [0.3, 0.4) is 0 Å². The van der Waals surface area contributed by atoms with Gasteiger partial charge >= 0.3 is 0 Å². The predicted molar refractivity (Wildman–Crippen MR) is 98.7 cm³/mol. The largest absolute Gasteiger partial charge is 0.0808 e. The van der Waals surface area contributed by atoms with E-state index < -0.39 is 0 Å². The Labute approximate surface area is 132 Å². The minimum absolute atomic E-state index is 1.14. The molecule has 3 aliphatic rings. The third-order valence-electron chi connectivity index (χ3n) is 3.72. The summed E-state index contributed by atoms with van der Waals surface area (Å²) in [6.07, 6.45) is 23.4. The molecule has 0 saturated carbocycles. The molecule has 0 spiro atoms. The van der Waals surface area contributed by atoms with E-state index in [0.717, 1.165) is 12.8 Å². The van der Waals surface area contributed by atoms with Crippen molar-refractivity contribution in [1.29, 1.82) is 0 Å². The average molecular weight is 284 g/mol. The van der Waals surface area contributed by atoms with E-state index in [0.29, 0.717) is 0 Å². The van der Waals surface area contributed by atoms with E-state index in [9.17, 15) is 0 Å². The fourth-order valence-corrected chi connectivity index (χ4v) is 2.64. The fourth-order valence-electron chi connectivity index (χ4n) is 2.64. The molecule has 5 rings (SSSR count). The lowest BCUT2D eigenvalue weighted by Gasteiger charge is -1.99. The van der Waals surface area contributed by atoms with Crippen molar-refractivity contribution < 1.29 is 0 Å². The van der Waals surface area contributed by atoms with E-state index in [1.165, 1.54) is 21.9 Å². The Bertz CT molecular complexity index is 700. The predicted octanol–water partition coefficient (Wildman–Crippen LogP) is 6.33. The second-order valence-corrected chi connectivity index (χ2v) is 5.31. The van der Waals surface area contributed by atoms with Crippen molar-refractivity contribution in [2.75, 3.05) is 0 Å². The normalized spacial score (nSPS) is 14.9. The molecular formula is C22H20. The van der Waals surface area contributed by atoms with Crippen LogP contribution in [-0.4, -0.2) is 0 Å². The van der Waals surface area contributed by atoms with Crippen LogP contribution in [0, 0.1) is 0 Å². The van der Waals surface area contributed by atoms with Crippen molar-refractivity contribution >= 4 is 22.9 Å². The maximum absolute atomic E-state index is 2.18. The summed E-state index contributed by atoms with van der Waals surface area (Å²) in [6, 6.07) is 12.9. The molecule has 0 amide bonds.